The second kappa shape index (κ2) is 8.44. The molecule has 1 fully saturated rings. The van der Waals surface area contributed by atoms with Gasteiger partial charge in [-0.25, -0.2) is 12.8 Å². The molecule has 1 aromatic carbocycles. The molecule has 1 atom stereocenters. The molecule has 12 heteroatoms. The van der Waals surface area contributed by atoms with Crippen molar-refractivity contribution in [1.82, 2.24) is 19.7 Å². The van der Waals surface area contributed by atoms with Crippen LogP contribution in [0.4, 0.5) is 10.1 Å². The fourth-order valence-corrected chi connectivity index (χ4v) is 6.26. The molecule has 1 amide bonds. The number of aryl methyl sites for hydroxylation is 2. The number of hydrogen-bond acceptors (Lipinski definition) is 8. The van der Waals surface area contributed by atoms with Crippen LogP contribution < -0.4 is 5.32 Å². The van der Waals surface area contributed by atoms with E-state index < -0.39 is 21.7 Å². The summed E-state index contributed by atoms with van der Waals surface area (Å²) in [7, 11) is -3.76. The number of hydrogen-bond donors (Lipinski definition) is 1. The van der Waals surface area contributed by atoms with Crippen LogP contribution in [0.2, 0.25) is 0 Å². The number of halogens is 1. The van der Waals surface area contributed by atoms with Gasteiger partial charge in [0.05, 0.1) is 0 Å². The largest absolute Gasteiger partial charge is 0.360 e. The predicted molar refractivity (Wildman–Crippen MR) is 111 cm³/mol. The van der Waals surface area contributed by atoms with Crippen molar-refractivity contribution in [3.8, 4) is 0 Å². The van der Waals surface area contributed by atoms with Gasteiger partial charge < -0.3 is 9.84 Å². The van der Waals surface area contributed by atoms with Crippen molar-refractivity contribution in [3.05, 3.63) is 51.6 Å². The smallest absolute Gasteiger partial charge is 0.286 e. The van der Waals surface area contributed by atoms with E-state index in [1.165, 1.54) is 22.5 Å². The third-order valence-electron chi connectivity index (χ3n) is 5.02. The maximum atomic E-state index is 13.3. The van der Waals surface area contributed by atoms with Crippen LogP contribution in [0.15, 0.2) is 33.7 Å². The highest BCUT2D eigenvalue weighted by molar-refractivity contribution is 7.89. The number of carbonyl (C=O) groups excluding carboxylic acids is 1. The molecular formula is C19H20FN5O4S2. The summed E-state index contributed by atoms with van der Waals surface area (Å²) in [6.07, 6.45) is 1.38. The van der Waals surface area contributed by atoms with Crippen molar-refractivity contribution in [2.24, 2.45) is 0 Å². The van der Waals surface area contributed by atoms with E-state index in [1.54, 1.807) is 19.9 Å². The molecule has 31 heavy (non-hydrogen) atoms. The first-order valence-corrected chi connectivity index (χ1v) is 11.8. The molecule has 3 aromatic rings. The normalized spacial score (nSPS) is 17.6. The van der Waals surface area contributed by atoms with Gasteiger partial charge in [-0.05, 0) is 44.9 Å². The lowest BCUT2D eigenvalue weighted by Crippen LogP contribution is -2.39. The van der Waals surface area contributed by atoms with Gasteiger partial charge in [0, 0.05) is 24.7 Å². The average Bonchev–Trinajstić information content (AvgIpc) is 3.35. The second-order valence-corrected chi connectivity index (χ2v) is 10.1. The molecule has 9 nitrogen and oxygen atoms in total. The van der Waals surface area contributed by atoms with Gasteiger partial charge in [-0.15, -0.1) is 10.2 Å². The quantitative estimate of drug-likeness (QED) is 0.615. The van der Waals surface area contributed by atoms with Gasteiger partial charge in [0.2, 0.25) is 15.0 Å². The first kappa shape index (κ1) is 21.5. The Hall–Kier alpha value is -2.70. The molecular weight excluding hydrogens is 445 g/mol. The van der Waals surface area contributed by atoms with E-state index in [0.29, 0.717) is 29.4 Å². The summed E-state index contributed by atoms with van der Waals surface area (Å²) in [5.41, 5.74) is 0.642. The molecule has 3 heterocycles. The highest BCUT2D eigenvalue weighted by atomic mass is 32.2. The van der Waals surface area contributed by atoms with E-state index in [4.69, 9.17) is 4.52 Å². The Morgan fingerprint density at radius 3 is 2.84 bits per heavy atom. The van der Waals surface area contributed by atoms with Gasteiger partial charge in [-0.2, -0.15) is 4.31 Å². The van der Waals surface area contributed by atoms with Gasteiger partial charge in [0.15, 0.2) is 5.76 Å². The topological polar surface area (TPSA) is 118 Å². The van der Waals surface area contributed by atoms with Crippen LogP contribution in [0.25, 0.3) is 0 Å². The summed E-state index contributed by atoms with van der Waals surface area (Å²) in [5, 5.41) is 15.1. The molecule has 0 bridgehead atoms. The Kier molecular flexibility index (Phi) is 5.86. The molecule has 1 unspecified atom stereocenters. The van der Waals surface area contributed by atoms with Gasteiger partial charge in [-0.1, -0.05) is 22.6 Å². The Bertz CT molecular complexity index is 1200. The van der Waals surface area contributed by atoms with E-state index in [-0.39, 0.29) is 28.1 Å². The second-order valence-electron chi connectivity index (χ2n) is 7.27. The van der Waals surface area contributed by atoms with Crippen molar-refractivity contribution in [2.45, 2.75) is 37.5 Å². The Labute approximate surface area is 182 Å². The summed E-state index contributed by atoms with van der Waals surface area (Å²) in [6.45, 7) is 3.78. The van der Waals surface area contributed by atoms with Crippen molar-refractivity contribution in [1.29, 1.82) is 0 Å². The number of piperidine rings is 1. The van der Waals surface area contributed by atoms with Gasteiger partial charge in [0.25, 0.3) is 5.91 Å². The number of benzene rings is 1. The molecule has 1 aliphatic rings. The highest BCUT2D eigenvalue weighted by Gasteiger charge is 2.36. The maximum absolute atomic E-state index is 13.3. The first-order chi connectivity index (χ1) is 14.8. The Balaban J connectivity index is 1.49. The Morgan fingerprint density at radius 2 is 2.13 bits per heavy atom. The molecule has 2 aromatic heterocycles. The lowest BCUT2D eigenvalue weighted by atomic mass is 10.0. The van der Waals surface area contributed by atoms with Crippen LogP contribution in [0, 0.1) is 19.7 Å². The summed E-state index contributed by atoms with van der Waals surface area (Å²) in [4.78, 5) is 12.5. The summed E-state index contributed by atoms with van der Waals surface area (Å²) in [5.74, 6) is -0.882. The van der Waals surface area contributed by atoms with Gasteiger partial charge >= 0.3 is 0 Å². The van der Waals surface area contributed by atoms with E-state index >= 15 is 0 Å². The molecule has 164 valence electrons. The number of nitrogens with zero attached hydrogens (tertiary/aromatic N) is 4. The van der Waals surface area contributed by atoms with E-state index in [1.807, 2.05) is 0 Å². The zero-order valence-electron chi connectivity index (χ0n) is 16.8. The Morgan fingerprint density at radius 1 is 1.32 bits per heavy atom. The first-order valence-electron chi connectivity index (χ1n) is 9.59. The SMILES string of the molecule is Cc1noc(C)c1S(=O)(=O)N1CCCC(c2nnc(C(=O)Nc3cccc(F)c3)s2)C1. The van der Waals surface area contributed by atoms with Crippen molar-refractivity contribution in [3.63, 3.8) is 0 Å². The maximum Gasteiger partial charge on any atom is 0.286 e. The lowest BCUT2D eigenvalue weighted by molar-refractivity contribution is 0.102. The van der Waals surface area contributed by atoms with Crippen LogP contribution in [0.3, 0.4) is 0 Å². The van der Waals surface area contributed by atoms with Crippen molar-refractivity contribution < 1.29 is 22.1 Å². The minimum atomic E-state index is -3.76. The number of sulfonamides is 1. The number of nitrogens with one attached hydrogen (secondary N) is 1. The highest BCUT2D eigenvalue weighted by Crippen LogP contribution is 2.33. The number of aromatic nitrogens is 3. The minimum Gasteiger partial charge on any atom is -0.360 e. The molecule has 1 saturated heterocycles. The fraction of sp³-hybridized carbons (Fsp3) is 0.368. The summed E-state index contributed by atoms with van der Waals surface area (Å²) < 4.78 is 46.0. The summed E-state index contributed by atoms with van der Waals surface area (Å²) in [6, 6.07) is 5.55. The van der Waals surface area contributed by atoms with E-state index in [2.05, 4.69) is 20.7 Å². The third-order valence-corrected chi connectivity index (χ3v) is 8.21. The number of anilines is 1. The number of carbonyl (C=O) groups is 1. The lowest BCUT2D eigenvalue weighted by Gasteiger charge is -2.30. The number of rotatable bonds is 5. The molecule has 0 aliphatic carbocycles. The van der Waals surface area contributed by atoms with Crippen LogP contribution >= 0.6 is 11.3 Å². The average molecular weight is 466 g/mol. The zero-order valence-corrected chi connectivity index (χ0v) is 18.5. The van der Waals surface area contributed by atoms with Crippen LogP contribution in [-0.4, -0.2) is 47.1 Å². The van der Waals surface area contributed by atoms with E-state index in [9.17, 15) is 17.6 Å². The van der Waals surface area contributed by atoms with Crippen LogP contribution in [0.5, 0.6) is 0 Å². The van der Waals surface area contributed by atoms with Crippen LogP contribution in [-0.2, 0) is 10.0 Å². The standard InChI is InChI=1S/C19H20FN5O4S2/c1-11-16(12(2)29-24-11)31(27,28)25-8-4-5-13(10-25)18-22-23-19(30-18)17(26)21-15-7-3-6-14(20)9-15/h3,6-7,9,13H,4-5,8,10H2,1-2H3,(H,21,26). The molecule has 4 rings (SSSR count). The minimum absolute atomic E-state index is 0.0978. The van der Waals surface area contributed by atoms with Crippen molar-refractivity contribution in [2.75, 3.05) is 18.4 Å². The summed E-state index contributed by atoms with van der Waals surface area (Å²) >= 11 is 1.11. The molecule has 0 saturated carbocycles. The van der Waals surface area contributed by atoms with Crippen LogP contribution in [0.1, 0.15) is 45.0 Å². The van der Waals surface area contributed by atoms with Gasteiger partial charge in [0.1, 0.15) is 21.4 Å². The third kappa shape index (κ3) is 4.36. The molecule has 1 N–H and O–H groups in total. The fourth-order valence-electron chi connectivity index (χ4n) is 3.58. The van der Waals surface area contributed by atoms with E-state index in [0.717, 1.165) is 17.8 Å². The zero-order chi connectivity index (χ0) is 22.2. The number of amides is 1. The van der Waals surface area contributed by atoms with Crippen molar-refractivity contribution >= 4 is 33.0 Å². The molecule has 0 spiro atoms. The monoisotopic (exact) mass is 465 g/mol. The van der Waals surface area contributed by atoms with Gasteiger partial charge in [-0.3, -0.25) is 4.79 Å². The molecule has 0 radical (unpaired) electrons. The molecule has 1 aliphatic heterocycles. The predicted octanol–water partition coefficient (Wildman–Crippen LogP) is 3.10.